The number of furan rings is 1. The standard InChI is InChI=1S/C16H20N2O2S2/c1-12-5-6-15(19-2)14(10-12)18-16(21)17-7-9-22-11-13-4-3-8-20-13/h3-6,8,10H,7,9,11H2,1-2H3,(H2,17,18,21). The van der Waals surface area contributed by atoms with Crippen molar-refractivity contribution in [2.45, 2.75) is 12.7 Å². The summed E-state index contributed by atoms with van der Waals surface area (Å²) in [6, 6.07) is 9.84. The molecule has 2 N–H and O–H groups in total. The lowest BCUT2D eigenvalue weighted by molar-refractivity contribution is 0.417. The molecule has 118 valence electrons. The summed E-state index contributed by atoms with van der Waals surface area (Å²) in [6.45, 7) is 2.83. The molecular weight excluding hydrogens is 316 g/mol. The van der Waals surface area contributed by atoms with Crippen LogP contribution in [0.25, 0.3) is 0 Å². The van der Waals surface area contributed by atoms with Crippen LogP contribution in [0.1, 0.15) is 11.3 Å². The summed E-state index contributed by atoms with van der Waals surface area (Å²) in [5, 5.41) is 6.97. The predicted molar refractivity (Wildman–Crippen MR) is 96.8 cm³/mol. The Balaban J connectivity index is 1.70. The van der Waals surface area contributed by atoms with Crippen molar-refractivity contribution in [2.75, 3.05) is 24.7 Å². The fourth-order valence-electron chi connectivity index (χ4n) is 1.89. The molecule has 0 fully saturated rings. The predicted octanol–water partition coefficient (Wildman–Crippen LogP) is 3.82. The number of nitrogens with one attached hydrogen (secondary N) is 2. The highest BCUT2D eigenvalue weighted by Gasteiger charge is 2.05. The first-order valence-electron chi connectivity index (χ1n) is 6.98. The molecule has 0 unspecified atom stereocenters. The lowest BCUT2D eigenvalue weighted by Gasteiger charge is -2.14. The van der Waals surface area contributed by atoms with Crippen LogP contribution in [0.2, 0.25) is 0 Å². The number of rotatable bonds is 7. The molecule has 22 heavy (non-hydrogen) atoms. The summed E-state index contributed by atoms with van der Waals surface area (Å²) in [4.78, 5) is 0. The SMILES string of the molecule is COc1ccc(C)cc1NC(=S)NCCSCc1ccco1. The zero-order chi connectivity index (χ0) is 15.8. The normalized spacial score (nSPS) is 10.3. The van der Waals surface area contributed by atoms with Crippen LogP contribution in [0.4, 0.5) is 5.69 Å². The summed E-state index contributed by atoms with van der Waals surface area (Å²) < 4.78 is 10.6. The molecule has 1 aromatic heterocycles. The van der Waals surface area contributed by atoms with Gasteiger partial charge in [0.2, 0.25) is 0 Å². The second-order valence-electron chi connectivity index (χ2n) is 4.72. The van der Waals surface area contributed by atoms with Crippen molar-refractivity contribution in [3.8, 4) is 5.75 Å². The van der Waals surface area contributed by atoms with E-state index in [4.69, 9.17) is 21.4 Å². The van der Waals surface area contributed by atoms with Crippen LogP contribution in [0, 0.1) is 6.92 Å². The van der Waals surface area contributed by atoms with Crippen LogP contribution in [0.5, 0.6) is 5.75 Å². The van der Waals surface area contributed by atoms with Gasteiger partial charge in [0.05, 0.1) is 24.8 Å². The summed E-state index contributed by atoms with van der Waals surface area (Å²) in [6.07, 6.45) is 1.70. The van der Waals surface area contributed by atoms with E-state index in [-0.39, 0.29) is 0 Å². The first-order chi connectivity index (χ1) is 10.7. The van der Waals surface area contributed by atoms with Crippen LogP contribution >= 0.6 is 24.0 Å². The molecule has 0 aliphatic heterocycles. The van der Waals surface area contributed by atoms with Crippen LogP contribution in [-0.4, -0.2) is 24.5 Å². The Bertz CT molecular complexity index is 600. The number of methoxy groups -OCH3 is 1. The lowest BCUT2D eigenvalue weighted by atomic mass is 10.2. The zero-order valence-electron chi connectivity index (χ0n) is 12.7. The number of benzene rings is 1. The number of hydrogen-bond acceptors (Lipinski definition) is 4. The maximum Gasteiger partial charge on any atom is 0.170 e. The van der Waals surface area contributed by atoms with E-state index in [2.05, 4.69) is 10.6 Å². The van der Waals surface area contributed by atoms with Gasteiger partial charge in [-0.1, -0.05) is 6.07 Å². The van der Waals surface area contributed by atoms with E-state index in [1.54, 1.807) is 25.1 Å². The lowest BCUT2D eigenvalue weighted by Crippen LogP contribution is -2.30. The van der Waals surface area contributed by atoms with Gasteiger partial charge >= 0.3 is 0 Å². The van der Waals surface area contributed by atoms with Crippen molar-refractivity contribution in [2.24, 2.45) is 0 Å². The van der Waals surface area contributed by atoms with E-state index in [0.29, 0.717) is 5.11 Å². The highest BCUT2D eigenvalue weighted by molar-refractivity contribution is 7.98. The minimum Gasteiger partial charge on any atom is -0.495 e. The van der Waals surface area contributed by atoms with Gasteiger partial charge in [-0.25, -0.2) is 0 Å². The highest BCUT2D eigenvalue weighted by Crippen LogP contribution is 2.24. The molecule has 2 aromatic rings. The Morgan fingerprint density at radius 1 is 1.36 bits per heavy atom. The Hall–Kier alpha value is -1.66. The minimum absolute atomic E-state index is 0.600. The molecule has 0 aliphatic rings. The van der Waals surface area contributed by atoms with Crippen LogP contribution in [0.3, 0.4) is 0 Å². The smallest absolute Gasteiger partial charge is 0.170 e. The van der Waals surface area contributed by atoms with Crippen molar-refractivity contribution in [3.63, 3.8) is 0 Å². The van der Waals surface area contributed by atoms with E-state index in [0.717, 1.165) is 40.8 Å². The van der Waals surface area contributed by atoms with Gasteiger partial charge in [0.1, 0.15) is 11.5 Å². The average molecular weight is 336 g/mol. The number of thioether (sulfide) groups is 1. The first kappa shape index (κ1) is 16.7. The Morgan fingerprint density at radius 2 is 2.23 bits per heavy atom. The molecule has 4 nitrogen and oxygen atoms in total. The first-order valence-corrected chi connectivity index (χ1v) is 8.55. The molecule has 6 heteroatoms. The maximum absolute atomic E-state index is 5.32. The quantitative estimate of drug-likeness (QED) is 0.592. The van der Waals surface area contributed by atoms with Crippen molar-refractivity contribution < 1.29 is 9.15 Å². The molecule has 0 atom stereocenters. The summed E-state index contributed by atoms with van der Waals surface area (Å²) in [7, 11) is 1.65. The minimum atomic E-state index is 0.600. The number of anilines is 1. The number of hydrogen-bond donors (Lipinski definition) is 2. The van der Waals surface area contributed by atoms with Gasteiger partial charge in [-0.15, -0.1) is 0 Å². The fourth-order valence-corrected chi connectivity index (χ4v) is 2.86. The number of ether oxygens (including phenoxy) is 1. The molecule has 2 rings (SSSR count). The van der Waals surface area contributed by atoms with Crippen molar-refractivity contribution in [1.82, 2.24) is 5.32 Å². The van der Waals surface area contributed by atoms with Gasteiger partial charge in [0, 0.05) is 12.3 Å². The maximum atomic E-state index is 5.32. The largest absolute Gasteiger partial charge is 0.495 e. The Morgan fingerprint density at radius 3 is 2.95 bits per heavy atom. The van der Waals surface area contributed by atoms with Crippen molar-refractivity contribution in [1.29, 1.82) is 0 Å². The average Bonchev–Trinajstić information content (AvgIpc) is 3.00. The molecule has 0 radical (unpaired) electrons. The topological polar surface area (TPSA) is 46.4 Å². The van der Waals surface area contributed by atoms with Crippen LogP contribution < -0.4 is 15.4 Å². The van der Waals surface area contributed by atoms with E-state index < -0.39 is 0 Å². The third kappa shape index (κ3) is 5.27. The monoisotopic (exact) mass is 336 g/mol. The van der Waals surface area contributed by atoms with Gasteiger partial charge in [0.25, 0.3) is 0 Å². The van der Waals surface area contributed by atoms with Crippen LogP contribution in [0.15, 0.2) is 41.0 Å². The van der Waals surface area contributed by atoms with E-state index >= 15 is 0 Å². The molecule has 1 heterocycles. The third-order valence-electron chi connectivity index (χ3n) is 2.96. The van der Waals surface area contributed by atoms with E-state index in [1.807, 2.05) is 37.3 Å². The van der Waals surface area contributed by atoms with Crippen LogP contribution in [-0.2, 0) is 5.75 Å². The Labute approximate surface area is 140 Å². The molecule has 0 bridgehead atoms. The van der Waals surface area contributed by atoms with Gasteiger partial charge in [0.15, 0.2) is 5.11 Å². The molecule has 0 saturated heterocycles. The van der Waals surface area contributed by atoms with Crippen molar-refractivity contribution >= 4 is 34.8 Å². The van der Waals surface area contributed by atoms with E-state index in [9.17, 15) is 0 Å². The second kappa shape index (κ2) is 8.70. The molecular formula is C16H20N2O2S2. The zero-order valence-corrected chi connectivity index (χ0v) is 14.4. The van der Waals surface area contributed by atoms with Gasteiger partial charge in [-0.2, -0.15) is 11.8 Å². The van der Waals surface area contributed by atoms with E-state index in [1.165, 1.54) is 0 Å². The second-order valence-corrected chi connectivity index (χ2v) is 6.23. The van der Waals surface area contributed by atoms with Gasteiger partial charge in [-0.05, 0) is 49.0 Å². The van der Waals surface area contributed by atoms with Gasteiger partial charge < -0.3 is 19.8 Å². The summed E-state index contributed by atoms with van der Waals surface area (Å²) >= 11 is 7.11. The number of aryl methyl sites for hydroxylation is 1. The number of thiocarbonyl (C=S) groups is 1. The Kier molecular flexibility index (Phi) is 6.61. The molecule has 0 amide bonds. The molecule has 0 aliphatic carbocycles. The van der Waals surface area contributed by atoms with Gasteiger partial charge in [-0.3, -0.25) is 0 Å². The fraction of sp³-hybridized carbons (Fsp3) is 0.312. The highest BCUT2D eigenvalue weighted by atomic mass is 32.2. The molecule has 0 saturated carbocycles. The summed E-state index contributed by atoms with van der Waals surface area (Å²) in [5.74, 6) is 3.60. The molecule has 0 spiro atoms. The molecule has 1 aromatic carbocycles. The van der Waals surface area contributed by atoms with Crippen molar-refractivity contribution in [3.05, 3.63) is 47.9 Å². The third-order valence-corrected chi connectivity index (χ3v) is 4.19. The summed E-state index contributed by atoms with van der Waals surface area (Å²) in [5.41, 5.74) is 2.03.